The third-order valence-electron chi connectivity index (χ3n) is 3.47. The quantitative estimate of drug-likeness (QED) is 0.913. The van der Waals surface area contributed by atoms with Crippen molar-refractivity contribution in [3.63, 3.8) is 0 Å². The number of carbonyl (C=O) groups is 1. The van der Waals surface area contributed by atoms with Crippen LogP contribution in [0.3, 0.4) is 0 Å². The first-order valence-corrected chi connectivity index (χ1v) is 6.96. The second kappa shape index (κ2) is 5.55. The van der Waals surface area contributed by atoms with Crippen LogP contribution in [0.4, 0.5) is 0 Å². The molecule has 0 aliphatic heterocycles. The monoisotopic (exact) mass is 287 g/mol. The van der Waals surface area contributed by atoms with Crippen molar-refractivity contribution in [3.05, 3.63) is 30.2 Å². The highest BCUT2D eigenvalue weighted by Gasteiger charge is 2.31. The average molecular weight is 287 g/mol. The van der Waals surface area contributed by atoms with Crippen molar-refractivity contribution in [2.45, 2.75) is 25.8 Å². The van der Waals surface area contributed by atoms with E-state index < -0.39 is 0 Å². The second-order valence-corrected chi connectivity index (χ2v) is 5.19. The summed E-state index contributed by atoms with van der Waals surface area (Å²) in [6.07, 6.45) is 1.94. The normalized spacial score (nSPS) is 15.5. The Labute approximate surface area is 122 Å². The van der Waals surface area contributed by atoms with E-state index in [-0.39, 0.29) is 17.9 Å². The number of amides is 1. The third-order valence-corrected chi connectivity index (χ3v) is 3.47. The minimum Gasteiger partial charge on any atom is -0.497 e. The first-order valence-electron chi connectivity index (χ1n) is 6.96. The molecular formula is C15H17N3O3. The number of aromatic nitrogens is 2. The highest BCUT2D eigenvalue weighted by Crippen LogP contribution is 2.30. The number of benzene rings is 1. The summed E-state index contributed by atoms with van der Waals surface area (Å²) in [6, 6.07) is 7.12. The van der Waals surface area contributed by atoms with Gasteiger partial charge >= 0.3 is 0 Å². The van der Waals surface area contributed by atoms with Crippen LogP contribution in [0.2, 0.25) is 0 Å². The van der Waals surface area contributed by atoms with E-state index in [0.717, 1.165) is 24.2 Å². The maximum absolute atomic E-state index is 11.7. The van der Waals surface area contributed by atoms with Crippen molar-refractivity contribution in [1.29, 1.82) is 0 Å². The lowest BCUT2D eigenvalue weighted by Gasteiger charge is -2.08. The van der Waals surface area contributed by atoms with Crippen molar-refractivity contribution in [3.8, 4) is 17.1 Å². The molecule has 1 fully saturated rings. The van der Waals surface area contributed by atoms with E-state index in [9.17, 15) is 4.79 Å². The Morgan fingerprint density at radius 2 is 2.10 bits per heavy atom. The van der Waals surface area contributed by atoms with Crippen LogP contribution in [0.15, 0.2) is 28.8 Å². The van der Waals surface area contributed by atoms with Crippen LogP contribution < -0.4 is 10.1 Å². The molecule has 0 saturated heterocycles. The van der Waals surface area contributed by atoms with Crippen molar-refractivity contribution in [2.24, 2.45) is 5.92 Å². The lowest BCUT2D eigenvalue weighted by atomic mass is 10.2. The molecule has 0 spiro atoms. The Bertz CT molecular complexity index is 632. The van der Waals surface area contributed by atoms with Gasteiger partial charge in [0.05, 0.1) is 7.11 Å². The Morgan fingerprint density at radius 1 is 1.38 bits per heavy atom. The lowest BCUT2D eigenvalue weighted by Crippen LogP contribution is -2.28. The predicted molar refractivity (Wildman–Crippen MR) is 75.6 cm³/mol. The van der Waals surface area contributed by atoms with E-state index >= 15 is 0 Å². The Kier molecular flexibility index (Phi) is 3.60. The predicted octanol–water partition coefficient (Wildman–Crippen LogP) is 2.33. The highest BCUT2D eigenvalue weighted by atomic mass is 16.5. The first-order chi connectivity index (χ1) is 10.2. The zero-order chi connectivity index (χ0) is 14.8. The van der Waals surface area contributed by atoms with Gasteiger partial charge in [-0.25, -0.2) is 0 Å². The molecule has 1 N–H and O–H groups in total. The van der Waals surface area contributed by atoms with Crippen molar-refractivity contribution in [1.82, 2.24) is 15.5 Å². The van der Waals surface area contributed by atoms with Gasteiger partial charge in [-0.1, -0.05) is 5.16 Å². The molecule has 1 atom stereocenters. The fourth-order valence-corrected chi connectivity index (χ4v) is 2.01. The lowest BCUT2D eigenvalue weighted by molar-refractivity contribution is -0.123. The molecular weight excluding hydrogens is 270 g/mol. The number of methoxy groups -OCH3 is 1. The zero-order valence-electron chi connectivity index (χ0n) is 12.0. The molecule has 21 heavy (non-hydrogen) atoms. The molecule has 1 aromatic heterocycles. The van der Waals surface area contributed by atoms with Crippen LogP contribution in [-0.2, 0) is 4.79 Å². The van der Waals surface area contributed by atoms with Crippen molar-refractivity contribution in [2.75, 3.05) is 7.11 Å². The van der Waals surface area contributed by atoms with Gasteiger partial charge in [-0.2, -0.15) is 4.98 Å². The number of hydrogen-bond acceptors (Lipinski definition) is 5. The van der Waals surface area contributed by atoms with Gasteiger partial charge in [0.2, 0.25) is 17.6 Å². The second-order valence-electron chi connectivity index (χ2n) is 5.19. The van der Waals surface area contributed by atoms with E-state index in [1.807, 2.05) is 31.2 Å². The van der Waals surface area contributed by atoms with E-state index in [1.165, 1.54) is 0 Å². The molecule has 0 bridgehead atoms. The Hall–Kier alpha value is -2.37. The third kappa shape index (κ3) is 3.04. The molecule has 6 heteroatoms. The molecule has 6 nitrogen and oxygen atoms in total. The van der Waals surface area contributed by atoms with Gasteiger partial charge in [0.1, 0.15) is 11.8 Å². The van der Waals surface area contributed by atoms with Gasteiger partial charge in [-0.15, -0.1) is 0 Å². The van der Waals surface area contributed by atoms with E-state index in [2.05, 4.69) is 15.5 Å². The Morgan fingerprint density at radius 3 is 2.71 bits per heavy atom. The maximum Gasteiger partial charge on any atom is 0.249 e. The summed E-state index contributed by atoms with van der Waals surface area (Å²) in [6.45, 7) is 1.84. The molecule has 1 saturated carbocycles. The van der Waals surface area contributed by atoms with E-state index in [1.54, 1.807) is 7.11 Å². The van der Waals surface area contributed by atoms with Crippen molar-refractivity contribution < 1.29 is 14.1 Å². The van der Waals surface area contributed by atoms with Crippen LogP contribution in [-0.4, -0.2) is 23.2 Å². The molecule has 0 unspecified atom stereocenters. The molecule has 1 aliphatic rings. The maximum atomic E-state index is 11.7. The van der Waals surface area contributed by atoms with Crippen LogP contribution in [0, 0.1) is 5.92 Å². The molecule has 2 aromatic rings. The number of nitrogens with zero attached hydrogens (tertiary/aromatic N) is 2. The summed E-state index contributed by atoms with van der Waals surface area (Å²) in [4.78, 5) is 16.1. The Balaban J connectivity index is 1.70. The van der Waals surface area contributed by atoms with E-state index in [4.69, 9.17) is 9.26 Å². The standard InChI is InChI=1S/C15H17N3O3/c1-9(16-14(19)11-3-4-11)15-17-13(18-21-15)10-5-7-12(20-2)8-6-10/h5-9,11H,3-4H2,1-2H3,(H,16,19)/t9-/m0/s1. The highest BCUT2D eigenvalue weighted by molar-refractivity contribution is 5.81. The zero-order valence-corrected chi connectivity index (χ0v) is 12.0. The minimum atomic E-state index is -0.280. The number of nitrogens with one attached hydrogen (secondary N) is 1. The van der Waals surface area contributed by atoms with Gasteiger partial charge in [-0.3, -0.25) is 4.79 Å². The van der Waals surface area contributed by atoms with Gasteiger partial charge in [-0.05, 0) is 44.0 Å². The molecule has 1 aromatic carbocycles. The number of ether oxygens (including phenoxy) is 1. The number of rotatable bonds is 5. The summed E-state index contributed by atoms with van der Waals surface area (Å²) in [5, 5.41) is 6.84. The van der Waals surface area contributed by atoms with Gasteiger partial charge in [0.25, 0.3) is 0 Å². The average Bonchev–Trinajstić information content (AvgIpc) is 3.24. The summed E-state index contributed by atoms with van der Waals surface area (Å²) in [7, 11) is 1.62. The topological polar surface area (TPSA) is 77.3 Å². The fourth-order valence-electron chi connectivity index (χ4n) is 2.01. The molecule has 1 amide bonds. The molecule has 1 aliphatic carbocycles. The van der Waals surface area contributed by atoms with E-state index in [0.29, 0.717) is 11.7 Å². The summed E-state index contributed by atoms with van der Waals surface area (Å²) in [5.41, 5.74) is 0.839. The van der Waals surface area contributed by atoms with Crippen LogP contribution in [0.5, 0.6) is 5.75 Å². The van der Waals surface area contributed by atoms with Gasteiger partial charge in [0.15, 0.2) is 0 Å². The molecule has 110 valence electrons. The summed E-state index contributed by atoms with van der Waals surface area (Å²) in [5.74, 6) is 1.91. The summed E-state index contributed by atoms with van der Waals surface area (Å²) < 4.78 is 10.3. The van der Waals surface area contributed by atoms with Crippen LogP contribution >= 0.6 is 0 Å². The van der Waals surface area contributed by atoms with Gasteiger partial charge in [0, 0.05) is 11.5 Å². The number of carbonyl (C=O) groups excluding carboxylic acids is 1. The van der Waals surface area contributed by atoms with Gasteiger partial charge < -0.3 is 14.6 Å². The van der Waals surface area contributed by atoms with Crippen LogP contribution in [0.25, 0.3) is 11.4 Å². The first kappa shape index (κ1) is 13.6. The smallest absolute Gasteiger partial charge is 0.249 e. The minimum absolute atomic E-state index is 0.0618. The molecule has 3 rings (SSSR count). The molecule has 1 heterocycles. The fraction of sp³-hybridized carbons (Fsp3) is 0.400. The van der Waals surface area contributed by atoms with Crippen molar-refractivity contribution >= 4 is 5.91 Å². The summed E-state index contributed by atoms with van der Waals surface area (Å²) >= 11 is 0. The van der Waals surface area contributed by atoms with Crippen LogP contribution in [0.1, 0.15) is 31.7 Å². The largest absolute Gasteiger partial charge is 0.497 e. The number of hydrogen-bond donors (Lipinski definition) is 1. The molecule has 0 radical (unpaired) electrons. The SMILES string of the molecule is COc1ccc(-c2noc([C@H](C)NC(=O)C3CC3)n2)cc1.